The minimum absolute atomic E-state index is 0.203. The number of nitrogens with one attached hydrogen (secondary N) is 2. The standard InChI is InChI=1S/C26H26FN3O2/c1-20-8-13-23(14-9-20)29-26(32)30(24-15-11-22(27)12-16-24)19-5-18-28-25(31)17-10-21-6-3-2-4-7-21/h2-4,6-17H,5,18-19H2,1H3,(H,28,31)(H,29,32)/b17-10+. The average Bonchev–Trinajstić information content (AvgIpc) is 2.80. The van der Waals surface area contributed by atoms with Crippen LogP contribution in [0.3, 0.4) is 0 Å². The summed E-state index contributed by atoms with van der Waals surface area (Å²) >= 11 is 0. The predicted octanol–water partition coefficient (Wildman–Crippen LogP) is 5.39. The van der Waals surface area contributed by atoms with E-state index in [4.69, 9.17) is 0 Å². The highest BCUT2D eigenvalue weighted by Crippen LogP contribution is 2.18. The summed E-state index contributed by atoms with van der Waals surface area (Å²) in [6.07, 6.45) is 3.76. The van der Waals surface area contributed by atoms with Crippen LogP contribution in [0.1, 0.15) is 17.5 Å². The molecule has 0 fully saturated rings. The summed E-state index contributed by atoms with van der Waals surface area (Å²) < 4.78 is 13.4. The van der Waals surface area contributed by atoms with Crippen molar-refractivity contribution in [3.63, 3.8) is 0 Å². The Balaban J connectivity index is 1.57. The highest BCUT2D eigenvalue weighted by atomic mass is 19.1. The fourth-order valence-corrected chi connectivity index (χ4v) is 3.04. The topological polar surface area (TPSA) is 61.4 Å². The molecule has 3 amide bonds. The molecule has 0 unspecified atom stereocenters. The van der Waals surface area contributed by atoms with E-state index in [1.165, 1.54) is 23.1 Å². The second-order valence-electron chi connectivity index (χ2n) is 7.31. The molecule has 3 aromatic carbocycles. The highest BCUT2D eigenvalue weighted by molar-refractivity contribution is 6.01. The van der Waals surface area contributed by atoms with Gasteiger partial charge in [-0.2, -0.15) is 0 Å². The molecular weight excluding hydrogens is 405 g/mol. The van der Waals surface area contributed by atoms with Crippen LogP contribution in [0, 0.1) is 12.7 Å². The third kappa shape index (κ3) is 7.09. The Morgan fingerprint density at radius 2 is 1.62 bits per heavy atom. The Labute approximate surface area is 187 Å². The van der Waals surface area contributed by atoms with E-state index in [0.29, 0.717) is 30.9 Å². The fraction of sp³-hybridized carbons (Fsp3) is 0.154. The third-order valence-corrected chi connectivity index (χ3v) is 4.77. The summed E-state index contributed by atoms with van der Waals surface area (Å²) in [6, 6.07) is 22.5. The zero-order valence-electron chi connectivity index (χ0n) is 17.9. The van der Waals surface area contributed by atoms with Crippen LogP contribution < -0.4 is 15.5 Å². The molecule has 6 heteroatoms. The first-order valence-corrected chi connectivity index (χ1v) is 10.4. The molecule has 0 aliphatic carbocycles. The van der Waals surface area contributed by atoms with Crippen LogP contribution in [-0.2, 0) is 4.79 Å². The third-order valence-electron chi connectivity index (χ3n) is 4.77. The van der Waals surface area contributed by atoms with E-state index >= 15 is 0 Å². The highest BCUT2D eigenvalue weighted by Gasteiger charge is 2.16. The molecular formula is C26H26FN3O2. The van der Waals surface area contributed by atoms with Crippen molar-refractivity contribution in [1.29, 1.82) is 0 Å². The van der Waals surface area contributed by atoms with Crippen molar-refractivity contribution < 1.29 is 14.0 Å². The molecule has 0 saturated heterocycles. The Hall–Kier alpha value is -3.93. The summed E-state index contributed by atoms with van der Waals surface area (Å²) in [5.41, 5.74) is 3.28. The van der Waals surface area contributed by atoms with Crippen molar-refractivity contribution in [1.82, 2.24) is 5.32 Å². The van der Waals surface area contributed by atoms with Gasteiger partial charge in [0.05, 0.1) is 0 Å². The van der Waals surface area contributed by atoms with Gasteiger partial charge in [-0.25, -0.2) is 9.18 Å². The van der Waals surface area contributed by atoms with E-state index in [9.17, 15) is 14.0 Å². The quantitative estimate of drug-likeness (QED) is 0.371. The van der Waals surface area contributed by atoms with Gasteiger partial charge < -0.3 is 10.6 Å². The number of hydrogen-bond donors (Lipinski definition) is 2. The van der Waals surface area contributed by atoms with E-state index in [1.807, 2.05) is 61.5 Å². The van der Waals surface area contributed by atoms with Gasteiger partial charge in [-0.3, -0.25) is 9.69 Å². The van der Waals surface area contributed by atoms with Crippen molar-refractivity contribution >= 4 is 29.4 Å². The minimum Gasteiger partial charge on any atom is -0.352 e. The molecule has 5 nitrogen and oxygen atoms in total. The molecule has 3 rings (SSSR count). The van der Waals surface area contributed by atoms with Crippen LogP contribution >= 0.6 is 0 Å². The molecule has 0 aliphatic heterocycles. The lowest BCUT2D eigenvalue weighted by Crippen LogP contribution is -2.37. The SMILES string of the molecule is Cc1ccc(NC(=O)N(CCCNC(=O)/C=C/c2ccccc2)c2ccc(F)cc2)cc1. The number of halogens is 1. The molecule has 0 heterocycles. The van der Waals surface area contributed by atoms with Crippen LogP contribution in [0.5, 0.6) is 0 Å². The number of hydrogen-bond acceptors (Lipinski definition) is 2. The number of carbonyl (C=O) groups is 2. The molecule has 0 atom stereocenters. The zero-order chi connectivity index (χ0) is 22.8. The lowest BCUT2D eigenvalue weighted by atomic mass is 10.2. The molecule has 0 aliphatic rings. The van der Waals surface area contributed by atoms with Crippen molar-refractivity contribution in [3.05, 3.63) is 102 Å². The Morgan fingerprint density at radius 1 is 0.938 bits per heavy atom. The summed E-state index contributed by atoms with van der Waals surface area (Å²) in [4.78, 5) is 26.5. The molecule has 0 radical (unpaired) electrons. The van der Waals surface area contributed by atoms with Crippen LogP contribution in [-0.4, -0.2) is 25.0 Å². The van der Waals surface area contributed by atoms with Crippen LogP contribution in [0.25, 0.3) is 6.08 Å². The molecule has 2 N–H and O–H groups in total. The summed E-state index contributed by atoms with van der Waals surface area (Å²) in [5, 5.41) is 5.68. The first-order chi connectivity index (χ1) is 15.5. The minimum atomic E-state index is -0.370. The van der Waals surface area contributed by atoms with Gasteiger partial charge >= 0.3 is 6.03 Å². The average molecular weight is 432 g/mol. The number of carbonyl (C=O) groups excluding carboxylic acids is 2. The number of amides is 3. The summed E-state index contributed by atoms with van der Waals surface area (Å²) in [7, 11) is 0. The number of aryl methyl sites for hydroxylation is 1. The first-order valence-electron chi connectivity index (χ1n) is 10.4. The molecule has 0 aromatic heterocycles. The normalized spacial score (nSPS) is 10.7. The monoisotopic (exact) mass is 431 g/mol. The second-order valence-corrected chi connectivity index (χ2v) is 7.31. The second kappa shape index (κ2) is 11.5. The summed E-state index contributed by atoms with van der Waals surface area (Å²) in [6.45, 7) is 2.72. The van der Waals surface area contributed by atoms with Gasteiger partial charge in [-0.05, 0) is 61.4 Å². The number of anilines is 2. The lowest BCUT2D eigenvalue weighted by molar-refractivity contribution is -0.116. The maximum Gasteiger partial charge on any atom is 0.326 e. The Morgan fingerprint density at radius 3 is 2.31 bits per heavy atom. The van der Waals surface area contributed by atoms with E-state index in [0.717, 1.165) is 11.1 Å². The number of rotatable bonds is 8. The van der Waals surface area contributed by atoms with Crippen molar-refractivity contribution in [3.8, 4) is 0 Å². The Kier molecular flexibility index (Phi) is 8.15. The molecule has 3 aromatic rings. The van der Waals surface area contributed by atoms with Gasteiger partial charge in [0.15, 0.2) is 0 Å². The molecule has 0 bridgehead atoms. The number of nitrogens with zero attached hydrogens (tertiary/aromatic N) is 1. The fourth-order valence-electron chi connectivity index (χ4n) is 3.04. The number of benzene rings is 3. The van der Waals surface area contributed by atoms with Gasteiger partial charge in [0.25, 0.3) is 0 Å². The van der Waals surface area contributed by atoms with E-state index in [-0.39, 0.29) is 17.8 Å². The predicted molar refractivity (Wildman–Crippen MR) is 127 cm³/mol. The van der Waals surface area contributed by atoms with Crippen molar-refractivity contribution in [2.24, 2.45) is 0 Å². The van der Waals surface area contributed by atoms with Crippen molar-refractivity contribution in [2.75, 3.05) is 23.3 Å². The lowest BCUT2D eigenvalue weighted by Gasteiger charge is -2.23. The van der Waals surface area contributed by atoms with Crippen LogP contribution in [0.15, 0.2) is 84.9 Å². The van der Waals surface area contributed by atoms with Gasteiger partial charge in [0, 0.05) is 30.5 Å². The molecule has 32 heavy (non-hydrogen) atoms. The largest absolute Gasteiger partial charge is 0.352 e. The van der Waals surface area contributed by atoms with Crippen molar-refractivity contribution in [2.45, 2.75) is 13.3 Å². The number of urea groups is 1. The van der Waals surface area contributed by atoms with E-state index in [1.54, 1.807) is 18.2 Å². The summed E-state index contributed by atoms with van der Waals surface area (Å²) in [5.74, 6) is -0.573. The van der Waals surface area contributed by atoms with Gasteiger partial charge in [0.2, 0.25) is 5.91 Å². The first kappa shape index (κ1) is 22.7. The Bertz CT molecular complexity index is 1050. The van der Waals surface area contributed by atoms with Gasteiger partial charge in [0.1, 0.15) is 5.82 Å². The maximum atomic E-state index is 13.4. The maximum absolute atomic E-state index is 13.4. The van der Waals surface area contributed by atoms with E-state index < -0.39 is 0 Å². The molecule has 164 valence electrons. The van der Waals surface area contributed by atoms with E-state index in [2.05, 4.69) is 10.6 Å². The van der Waals surface area contributed by atoms with Gasteiger partial charge in [-0.15, -0.1) is 0 Å². The van der Waals surface area contributed by atoms with Crippen LogP contribution in [0.2, 0.25) is 0 Å². The van der Waals surface area contributed by atoms with Crippen LogP contribution in [0.4, 0.5) is 20.6 Å². The smallest absolute Gasteiger partial charge is 0.326 e. The van der Waals surface area contributed by atoms with Gasteiger partial charge in [-0.1, -0.05) is 48.0 Å². The molecule has 0 spiro atoms. The zero-order valence-corrected chi connectivity index (χ0v) is 17.9. The molecule has 0 saturated carbocycles.